The molecule has 2 nitrogen and oxygen atoms in total. The number of benzene rings is 1. The summed E-state index contributed by atoms with van der Waals surface area (Å²) in [5.41, 5.74) is 0.791. The normalized spacial score (nSPS) is 14.5. The smallest absolute Gasteiger partial charge is 0.118 e. The second-order valence-electron chi connectivity index (χ2n) is 3.85. The zero-order valence-electron chi connectivity index (χ0n) is 9.50. The van der Waals surface area contributed by atoms with E-state index in [9.17, 15) is 0 Å². The first kappa shape index (κ1) is 13.8. The van der Waals surface area contributed by atoms with Gasteiger partial charge < -0.3 is 9.47 Å². The molecular formula is C12H16BrClO2. The van der Waals surface area contributed by atoms with Gasteiger partial charge in [0.1, 0.15) is 5.75 Å². The van der Waals surface area contributed by atoms with Crippen molar-refractivity contribution in [1.29, 1.82) is 0 Å². The number of alkyl halides is 2. The van der Waals surface area contributed by atoms with Gasteiger partial charge in [-0.2, -0.15) is 0 Å². The molecule has 0 fully saturated rings. The summed E-state index contributed by atoms with van der Waals surface area (Å²) in [6.07, 6.45) is 0. The second kappa shape index (κ2) is 6.48. The Hall–Kier alpha value is -0.250. The van der Waals surface area contributed by atoms with Gasteiger partial charge in [-0.1, -0.05) is 28.1 Å². The van der Waals surface area contributed by atoms with Gasteiger partial charge in [0, 0.05) is 5.33 Å². The van der Waals surface area contributed by atoms with Crippen LogP contribution < -0.4 is 4.74 Å². The maximum absolute atomic E-state index is 5.85. The van der Waals surface area contributed by atoms with Crippen LogP contribution in [0.1, 0.15) is 12.5 Å². The van der Waals surface area contributed by atoms with Gasteiger partial charge in [-0.05, 0) is 24.6 Å². The maximum Gasteiger partial charge on any atom is 0.118 e. The van der Waals surface area contributed by atoms with Gasteiger partial charge in [0.25, 0.3) is 0 Å². The monoisotopic (exact) mass is 306 g/mol. The minimum atomic E-state index is -0.318. The Morgan fingerprint density at radius 1 is 1.31 bits per heavy atom. The molecule has 0 amide bonds. The Morgan fingerprint density at radius 2 is 1.94 bits per heavy atom. The van der Waals surface area contributed by atoms with Crippen molar-refractivity contribution in [3.63, 3.8) is 0 Å². The van der Waals surface area contributed by atoms with Gasteiger partial charge in [-0.15, -0.1) is 11.6 Å². The first-order valence-electron chi connectivity index (χ1n) is 5.02. The quantitative estimate of drug-likeness (QED) is 0.748. The Labute approximate surface area is 110 Å². The van der Waals surface area contributed by atoms with Crippen LogP contribution in [0.25, 0.3) is 0 Å². The Kier molecular flexibility index (Phi) is 5.59. The largest absolute Gasteiger partial charge is 0.497 e. The highest BCUT2D eigenvalue weighted by Gasteiger charge is 2.22. The van der Waals surface area contributed by atoms with Crippen LogP contribution in [0.4, 0.5) is 0 Å². The van der Waals surface area contributed by atoms with E-state index in [-0.39, 0.29) is 5.60 Å². The van der Waals surface area contributed by atoms with Crippen molar-refractivity contribution in [2.24, 2.45) is 0 Å². The Bertz CT molecular complexity index is 309. The molecule has 0 aromatic heterocycles. The highest BCUT2D eigenvalue weighted by Crippen LogP contribution is 2.19. The van der Waals surface area contributed by atoms with E-state index in [0.717, 1.165) is 16.6 Å². The molecule has 0 saturated heterocycles. The van der Waals surface area contributed by atoms with E-state index in [1.54, 1.807) is 7.11 Å². The molecule has 1 rings (SSSR count). The zero-order valence-corrected chi connectivity index (χ0v) is 11.8. The SMILES string of the molecule is COc1ccc(COC(C)(CCl)CBr)cc1. The van der Waals surface area contributed by atoms with Crippen molar-refractivity contribution in [2.45, 2.75) is 19.1 Å². The molecule has 16 heavy (non-hydrogen) atoms. The standard InChI is InChI=1S/C12H16BrClO2/c1-12(8-13,9-14)16-7-10-3-5-11(15-2)6-4-10/h3-6H,7-9H2,1-2H3. The molecule has 1 atom stereocenters. The molecular weight excluding hydrogens is 291 g/mol. The molecule has 0 aliphatic heterocycles. The summed E-state index contributed by atoms with van der Waals surface area (Å²) < 4.78 is 10.9. The summed E-state index contributed by atoms with van der Waals surface area (Å²) in [7, 11) is 1.65. The summed E-state index contributed by atoms with van der Waals surface area (Å²) in [5.74, 6) is 1.32. The summed E-state index contributed by atoms with van der Waals surface area (Å²) in [6.45, 7) is 2.54. The molecule has 1 unspecified atom stereocenters. The van der Waals surface area contributed by atoms with E-state index in [2.05, 4.69) is 15.9 Å². The summed E-state index contributed by atoms with van der Waals surface area (Å²) >= 11 is 9.25. The van der Waals surface area contributed by atoms with Crippen molar-refractivity contribution in [1.82, 2.24) is 0 Å². The van der Waals surface area contributed by atoms with Crippen LogP contribution in [-0.2, 0) is 11.3 Å². The van der Waals surface area contributed by atoms with Crippen molar-refractivity contribution < 1.29 is 9.47 Å². The minimum Gasteiger partial charge on any atom is -0.497 e. The number of rotatable bonds is 6. The van der Waals surface area contributed by atoms with Crippen LogP contribution in [0.2, 0.25) is 0 Å². The summed E-state index contributed by atoms with van der Waals surface area (Å²) in [6, 6.07) is 7.82. The molecule has 1 aromatic carbocycles. The molecule has 0 saturated carbocycles. The van der Waals surface area contributed by atoms with Gasteiger partial charge >= 0.3 is 0 Å². The minimum absolute atomic E-state index is 0.318. The van der Waals surface area contributed by atoms with Crippen LogP contribution in [0.3, 0.4) is 0 Å². The third-order valence-electron chi connectivity index (χ3n) is 2.31. The fraction of sp³-hybridized carbons (Fsp3) is 0.500. The van der Waals surface area contributed by atoms with Gasteiger partial charge in [0.2, 0.25) is 0 Å². The van der Waals surface area contributed by atoms with E-state index >= 15 is 0 Å². The molecule has 0 aliphatic rings. The molecule has 1 aromatic rings. The highest BCUT2D eigenvalue weighted by molar-refractivity contribution is 9.09. The summed E-state index contributed by atoms with van der Waals surface area (Å²) in [4.78, 5) is 0. The number of hydrogen-bond donors (Lipinski definition) is 0. The number of methoxy groups -OCH3 is 1. The van der Waals surface area contributed by atoms with Gasteiger partial charge in [0.15, 0.2) is 0 Å². The number of ether oxygens (including phenoxy) is 2. The van der Waals surface area contributed by atoms with Crippen LogP contribution in [0.15, 0.2) is 24.3 Å². The topological polar surface area (TPSA) is 18.5 Å². The first-order chi connectivity index (χ1) is 7.63. The fourth-order valence-corrected chi connectivity index (χ4v) is 1.85. The number of hydrogen-bond acceptors (Lipinski definition) is 2. The molecule has 0 aliphatic carbocycles. The molecule has 0 spiro atoms. The summed E-state index contributed by atoms with van der Waals surface area (Å²) in [5, 5.41) is 0.722. The van der Waals surface area contributed by atoms with Crippen LogP contribution in [0, 0.1) is 0 Å². The second-order valence-corrected chi connectivity index (χ2v) is 4.68. The zero-order chi connectivity index (χ0) is 12.0. The van der Waals surface area contributed by atoms with Gasteiger partial charge in [-0.25, -0.2) is 0 Å². The fourth-order valence-electron chi connectivity index (χ4n) is 1.09. The van der Waals surface area contributed by atoms with E-state index < -0.39 is 0 Å². The third-order valence-corrected chi connectivity index (χ3v) is 4.06. The van der Waals surface area contributed by atoms with Crippen LogP contribution >= 0.6 is 27.5 Å². The highest BCUT2D eigenvalue weighted by atomic mass is 79.9. The Balaban J connectivity index is 2.54. The molecule has 0 bridgehead atoms. The lowest BCUT2D eigenvalue weighted by Crippen LogP contribution is -2.32. The van der Waals surface area contributed by atoms with Crippen LogP contribution in [0.5, 0.6) is 5.75 Å². The lowest BCUT2D eigenvalue weighted by Gasteiger charge is -2.25. The molecule has 4 heteroatoms. The van der Waals surface area contributed by atoms with E-state index in [0.29, 0.717) is 12.5 Å². The molecule has 0 N–H and O–H groups in total. The Morgan fingerprint density at radius 3 is 2.38 bits per heavy atom. The first-order valence-corrected chi connectivity index (χ1v) is 6.68. The van der Waals surface area contributed by atoms with E-state index in [1.807, 2.05) is 31.2 Å². The van der Waals surface area contributed by atoms with E-state index in [4.69, 9.17) is 21.1 Å². The van der Waals surface area contributed by atoms with Crippen molar-refractivity contribution in [3.8, 4) is 5.75 Å². The lowest BCUT2D eigenvalue weighted by molar-refractivity contribution is -0.00768. The van der Waals surface area contributed by atoms with Crippen molar-refractivity contribution >= 4 is 27.5 Å². The molecule has 0 radical (unpaired) electrons. The average Bonchev–Trinajstić information content (AvgIpc) is 2.36. The average molecular weight is 308 g/mol. The predicted octanol–water partition coefficient (Wildman–Crippen LogP) is 3.60. The molecule has 0 heterocycles. The molecule has 90 valence electrons. The van der Waals surface area contributed by atoms with Gasteiger partial charge in [0.05, 0.1) is 25.2 Å². The number of halogens is 2. The van der Waals surface area contributed by atoms with E-state index in [1.165, 1.54) is 0 Å². The van der Waals surface area contributed by atoms with Gasteiger partial charge in [-0.3, -0.25) is 0 Å². The van der Waals surface area contributed by atoms with Crippen molar-refractivity contribution in [3.05, 3.63) is 29.8 Å². The third kappa shape index (κ3) is 3.96. The van der Waals surface area contributed by atoms with Crippen LogP contribution in [-0.4, -0.2) is 23.9 Å². The lowest BCUT2D eigenvalue weighted by atomic mass is 10.1. The predicted molar refractivity (Wildman–Crippen MR) is 70.7 cm³/mol. The van der Waals surface area contributed by atoms with Crippen molar-refractivity contribution in [2.75, 3.05) is 18.3 Å². The maximum atomic E-state index is 5.85.